The van der Waals surface area contributed by atoms with Crippen molar-refractivity contribution in [3.8, 4) is 0 Å². The number of hydrogen-bond donors (Lipinski definition) is 3. The van der Waals surface area contributed by atoms with Crippen molar-refractivity contribution in [2.75, 3.05) is 25.5 Å². The van der Waals surface area contributed by atoms with Crippen molar-refractivity contribution in [3.05, 3.63) is 33.9 Å². The smallest absolute Gasteiger partial charge is 0.325 e. The maximum absolute atomic E-state index is 12.0. The van der Waals surface area contributed by atoms with E-state index in [0.29, 0.717) is 6.54 Å². The van der Waals surface area contributed by atoms with E-state index in [2.05, 4.69) is 15.4 Å². The van der Waals surface area contributed by atoms with Gasteiger partial charge in [0, 0.05) is 24.1 Å². The maximum Gasteiger partial charge on any atom is 0.325 e. The zero-order valence-electron chi connectivity index (χ0n) is 13.9. The van der Waals surface area contributed by atoms with Crippen molar-refractivity contribution in [2.24, 2.45) is 5.92 Å². The predicted molar refractivity (Wildman–Crippen MR) is 89.3 cm³/mol. The van der Waals surface area contributed by atoms with E-state index in [4.69, 9.17) is 0 Å². The number of rotatable bonds is 7. The summed E-state index contributed by atoms with van der Waals surface area (Å²) in [6.07, 6.45) is 2.16. The van der Waals surface area contributed by atoms with Crippen LogP contribution >= 0.6 is 0 Å². The monoisotopic (exact) mass is 351 g/mol. The molecule has 2 rings (SSSR count). The van der Waals surface area contributed by atoms with E-state index in [1.54, 1.807) is 0 Å². The summed E-state index contributed by atoms with van der Waals surface area (Å²) >= 11 is 0. The lowest BCUT2D eigenvalue weighted by Crippen LogP contribution is -2.30. The summed E-state index contributed by atoms with van der Waals surface area (Å²) in [5.41, 5.74) is 0.119. The van der Waals surface area contributed by atoms with Gasteiger partial charge in [0.15, 0.2) is 0 Å². The summed E-state index contributed by atoms with van der Waals surface area (Å²) in [5, 5.41) is 26.4. The minimum atomic E-state index is -0.615. The molecule has 0 heterocycles. The number of nitro groups is 1. The van der Waals surface area contributed by atoms with Crippen LogP contribution in [0.4, 0.5) is 11.4 Å². The fourth-order valence-corrected chi connectivity index (χ4v) is 2.80. The van der Waals surface area contributed by atoms with Gasteiger partial charge in [0.05, 0.1) is 18.1 Å². The van der Waals surface area contributed by atoms with Crippen LogP contribution in [0.15, 0.2) is 18.2 Å². The molecule has 0 aliphatic heterocycles. The molecule has 1 fully saturated rings. The molecule has 1 aromatic carbocycles. The van der Waals surface area contributed by atoms with Crippen molar-refractivity contribution in [3.63, 3.8) is 0 Å². The Bertz CT molecular complexity index is 663. The number of ether oxygens (including phenoxy) is 1. The number of aliphatic hydroxyl groups is 1. The van der Waals surface area contributed by atoms with Crippen molar-refractivity contribution in [2.45, 2.75) is 25.4 Å². The number of benzene rings is 1. The van der Waals surface area contributed by atoms with Crippen LogP contribution < -0.4 is 10.6 Å². The summed E-state index contributed by atoms with van der Waals surface area (Å²) in [6.45, 7) is 0.110. The Hall–Kier alpha value is -2.68. The third-order valence-corrected chi connectivity index (χ3v) is 4.25. The first kappa shape index (κ1) is 18.7. The second-order valence-corrected chi connectivity index (χ2v) is 5.89. The molecule has 0 bridgehead atoms. The molecule has 1 amide bonds. The molecule has 0 radical (unpaired) electrons. The highest BCUT2D eigenvalue weighted by Crippen LogP contribution is 2.29. The summed E-state index contributed by atoms with van der Waals surface area (Å²) in [4.78, 5) is 33.7. The van der Waals surface area contributed by atoms with E-state index in [0.717, 1.165) is 25.3 Å². The molecule has 136 valence electrons. The average molecular weight is 351 g/mol. The van der Waals surface area contributed by atoms with Crippen molar-refractivity contribution in [1.82, 2.24) is 5.32 Å². The molecular formula is C16H21N3O6. The number of esters is 1. The fourth-order valence-electron chi connectivity index (χ4n) is 2.80. The fraction of sp³-hybridized carbons (Fsp3) is 0.500. The lowest BCUT2D eigenvalue weighted by atomic mass is 10.1. The van der Waals surface area contributed by atoms with E-state index in [9.17, 15) is 24.8 Å². The van der Waals surface area contributed by atoms with E-state index in [1.807, 2.05) is 0 Å². The molecule has 9 heteroatoms. The highest BCUT2D eigenvalue weighted by atomic mass is 16.6. The van der Waals surface area contributed by atoms with Gasteiger partial charge in [-0.05, 0) is 25.0 Å². The highest BCUT2D eigenvalue weighted by Gasteiger charge is 2.26. The quantitative estimate of drug-likeness (QED) is 0.380. The average Bonchev–Trinajstić information content (AvgIpc) is 3.02. The maximum atomic E-state index is 12.0. The molecule has 1 saturated carbocycles. The molecule has 1 aromatic rings. The van der Waals surface area contributed by atoms with Gasteiger partial charge in [0.25, 0.3) is 11.6 Å². The topological polar surface area (TPSA) is 131 Å². The van der Waals surface area contributed by atoms with Gasteiger partial charge >= 0.3 is 5.97 Å². The molecule has 2 atom stereocenters. The van der Waals surface area contributed by atoms with Crippen LogP contribution in [0.25, 0.3) is 0 Å². The lowest BCUT2D eigenvalue weighted by molar-refractivity contribution is -0.384. The molecule has 0 spiro atoms. The molecule has 0 saturated heterocycles. The van der Waals surface area contributed by atoms with Crippen molar-refractivity contribution < 1.29 is 24.4 Å². The van der Waals surface area contributed by atoms with Gasteiger partial charge in [-0.25, -0.2) is 0 Å². The molecule has 0 unspecified atom stereocenters. The first-order chi connectivity index (χ1) is 11.9. The minimum absolute atomic E-state index is 0.0580. The van der Waals surface area contributed by atoms with Gasteiger partial charge in [-0.3, -0.25) is 19.7 Å². The van der Waals surface area contributed by atoms with Crippen LogP contribution in [-0.4, -0.2) is 48.2 Å². The molecule has 25 heavy (non-hydrogen) atoms. The lowest BCUT2D eigenvalue weighted by Gasteiger charge is -2.16. The first-order valence-electron chi connectivity index (χ1n) is 7.97. The molecule has 3 N–H and O–H groups in total. The van der Waals surface area contributed by atoms with Crippen molar-refractivity contribution in [1.29, 1.82) is 0 Å². The van der Waals surface area contributed by atoms with E-state index in [1.165, 1.54) is 19.2 Å². The molecular weight excluding hydrogens is 330 g/mol. The summed E-state index contributed by atoms with van der Waals surface area (Å²) in [6, 6.07) is 4.04. The third-order valence-electron chi connectivity index (χ3n) is 4.25. The van der Waals surface area contributed by atoms with Crippen LogP contribution in [0.1, 0.15) is 29.6 Å². The number of methoxy groups -OCH3 is 1. The molecule has 0 aromatic heterocycles. The van der Waals surface area contributed by atoms with Gasteiger partial charge in [-0.15, -0.1) is 0 Å². The Labute approximate surface area is 144 Å². The third kappa shape index (κ3) is 4.90. The Morgan fingerprint density at radius 3 is 2.76 bits per heavy atom. The second-order valence-electron chi connectivity index (χ2n) is 5.89. The number of nitrogens with one attached hydrogen (secondary N) is 2. The number of anilines is 1. The van der Waals surface area contributed by atoms with Crippen LogP contribution in [0.3, 0.4) is 0 Å². The standard InChI is InChI=1S/C16H21N3O6/c1-25-15(21)9-18-16(22)10-5-6-12(13(7-10)19(23)24)17-8-11-3-2-4-14(11)20/h5-7,11,14,17,20H,2-4,8-9H2,1H3,(H,18,22)/t11-,14+/m1/s1. The molecule has 1 aliphatic carbocycles. The second kappa shape index (κ2) is 8.43. The normalized spacial score (nSPS) is 19.3. The first-order valence-corrected chi connectivity index (χ1v) is 7.97. The van der Waals surface area contributed by atoms with E-state index >= 15 is 0 Å². The number of nitro benzene ring substituents is 1. The summed E-state index contributed by atoms with van der Waals surface area (Å²) < 4.78 is 4.41. The van der Waals surface area contributed by atoms with Crippen LogP contribution in [0.2, 0.25) is 0 Å². The number of nitrogens with zero attached hydrogens (tertiary/aromatic N) is 1. The highest BCUT2D eigenvalue weighted by molar-refractivity contribution is 5.97. The largest absolute Gasteiger partial charge is 0.468 e. The zero-order valence-corrected chi connectivity index (χ0v) is 13.9. The Morgan fingerprint density at radius 1 is 1.40 bits per heavy atom. The van der Waals surface area contributed by atoms with Gasteiger partial charge in [-0.2, -0.15) is 0 Å². The summed E-state index contributed by atoms with van der Waals surface area (Å²) in [5.74, 6) is -1.16. The van der Waals surface area contributed by atoms with Gasteiger partial charge in [-0.1, -0.05) is 6.42 Å². The number of carbonyl (C=O) groups is 2. The summed E-state index contributed by atoms with van der Waals surface area (Å²) in [7, 11) is 1.20. The van der Waals surface area contributed by atoms with Crippen LogP contribution in [0, 0.1) is 16.0 Å². The van der Waals surface area contributed by atoms with E-state index in [-0.39, 0.29) is 29.4 Å². The van der Waals surface area contributed by atoms with Crippen molar-refractivity contribution >= 4 is 23.3 Å². The Kier molecular flexibility index (Phi) is 6.29. The number of aliphatic hydroxyl groups excluding tert-OH is 1. The van der Waals surface area contributed by atoms with Gasteiger partial charge in [0.2, 0.25) is 0 Å². The predicted octanol–water partition coefficient (Wildman–Crippen LogP) is 1.07. The van der Waals surface area contributed by atoms with Gasteiger partial charge < -0.3 is 20.5 Å². The van der Waals surface area contributed by atoms with Gasteiger partial charge in [0.1, 0.15) is 12.2 Å². The minimum Gasteiger partial charge on any atom is -0.468 e. The van der Waals surface area contributed by atoms with E-state index < -0.39 is 22.9 Å². The zero-order chi connectivity index (χ0) is 18.4. The number of carbonyl (C=O) groups excluding carboxylic acids is 2. The molecule has 1 aliphatic rings. The molecule has 9 nitrogen and oxygen atoms in total. The SMILES string of the molecule is COC(=O)CNC(=O)c1ccc(NC[C@H]2CCC[C@@H]2O)c([N+](=O)[O-])c1. The van der Waals surface area contributed by atoms with Crippen LogP contribution in [0.5, 0.6) is 0 Å². The Morgan fingerprint density at radius 2 is 2.16 bits per heavy atom. The number of amides is 1. The Balaban J connectivity index is 2.07. The van der Waals surface area contributed by atoms with Crippen LogP contribution in [-0.2, 0) is 9.53 Å². The number of hydrogen-bond acceptors (Lipinski definition) is 7.